The van der Waals surface area contributed by atoms with Gasteiger partial charge in [-0.15, -0.1) is 0 Å². The SMILES string of the molecule is O=C(OCCOC(=O)c1cc(OCc2ccccc2)c(OCc2ccccc2)c(OCc2ccccc2)c1)c1cc(OCc2ccccc2)c(OCc2ccccc2)c(OCc2ccccc2)c1. The van der Waals surface area contributed by atoms with Crippen LogP contribution in [0.25, 0.3) is 0 Å². The first-order chi connectivity index (χ1) is 33.5. The third-order valence-corrected chi connectivity index (χ3v) is 10.5. The molecule has 0 aliphatic carbocycles. The lowest BCUT2D eigenvalue weighted by atomic mass is 10.1. The summed E-state index contributed by atoms with van der Waals surface area (Å²) < 4.78 is 49.5. The van der Waals surface area contributed by atoms with Crippen molar-refractivity contribution >= 4 is 11.9 Å². The third-order valence-electron chi connectivity index (χ3n) is 10.5. The Balaban J connectivity index is 1.00. The first kappa shape index (κ1) is 46.0. The Morgan fingerprint density at radius 3 is 0.706 bits per heavy atom. The maximum Gasteiger partial charge on any atom is 0.338 e. The zero-order valence-corrected chi connectivity index (χ0v) is 37.4. The van der Waals surface area contributed by atoms with Gasteiger partial charge in [-0.25, -0.2) is 9.59 Å². The highest BCUT2D eigenvalue weighted by Crippen LogP contribution is 2.42. The van der Waals surface area contributed by atoms with Gasteiger partial charge in [0.25, 0.3) is 0 Å². The molecule has 0 aromatic heterocycles. The Hall–Kier alpha value is -8.50. The molecule has 0 N–H and O–H groups in total. The first-order valence-corrected chi connectivity index (χ1v) is 22.2. The van der Waals surface area contributed by atoms with E-state index in [1.807, 2.05) is 182 Å². The zero-order chi connectivity index (χ0) is 46.6. The number of esters is 2. The Kier molecular flexibility index (Phi) is 16.4. The van der Waals surface area contributed by atoms with E-state index in [2.05, 4.69) is 0 Å². The summed E-state index contributed by atoms with van der Waals surface area (Å²) in [6, 6.07) is 64.4. The number of carbonyl (C=O) groups excluding carboxylic acids is 2. The highest BCUT2D eigenvalue weighted by molar-refractivity contribution is 5.92. The molecule has 0 amide bonds. The van der Waals surface area contributed by atoms with Crippen molar-refractivity contribution in [3.63, 3.8) is 0 Å². The van der Waals surface area contributed by atoms with E-state index in [4.69, 9.17) is 37.9 Å². The van der Waals surface area contributed by atoms with Crippen LogP contribution in [0.4, 0.5) is 0 Å². The summed E-state index contributed by atoms with van der Waals surface area (Å²) in [6.45, 7) is 0.768. The highest BCUT2D eigenvalue weighted by Gasteiger charge is 2.23. The van der Waals surface area contributed by atoms with Gasteiger partial charge >= 0.3 is 11.9 Å². The molecule has 0 spiro atoms. The fourth-order valence-electron chi connectivity index (χ4n) is 6.94. The van der Waals surface area contributed by atoms with Crippen molar-refractivity contribution in [3.8, 4) is 34.5 Å². The minimum absolute atomic E-state index is 0.154. The molecule has 0 saturated carbocycles. The van der Waals surface area contributed by atoms with Gasteiger partial charge in [-0.2, -0.15) is 0 Å². The van der Waals surface area contributed by atoms with Crippen LogP contribution in [0.5, 0.6) is 34.5 Å². The molecule has 0 atom stereocenters. The van der Waals surface area contributed by atoms with E-state index in [0.29, 0.717) is 34.5 Å². The van der Waals surface area contributed by atoms with Crippen molar-refractivity contribution in [2.75, 3.05) is 13.2 Å². The molecule has 0 heterocycles. The van der Waals surface area contributed by atoms with Gasteiger partial charge in [0.1, 0.15) is 52.9 Å². The summed E-state index contributed by atoms with van der Waals surface area (Å²) in [5.74, 6) is 0.474. The zero-order valence-electron chi connectivity index (χ0n) is 37.4. The molecule has 0 fully saturated rings. The van der Waals surface area contributed by atoms with Crippen molar-refractivity contribution in [1.82, 2.24) is 0 Å². The second kappa shape index (κ2) is 24.1. The van der Waals surface area contributed by atoms with Crippen LogP contribution in [0.15, 0.2) is 206 Å². The number of ether oxygens (including phenoxy) is 8. The number of hydrogen-bond acceptors (Lipinski definition) is 10. The van der Waals surface area contributed by atoms with Crippen LogP contribution >= 0.6 is 0 Å². The number of benzene rings is 8. The monoisotopic (exact) mass is 906 g/mol. The summed E-state index contributed by atoms with van der Waals surface area (Å²) >= 11 is 0. The molecule has 342 valence electrons. The van der Waals surface area contributed by atoms with Gasteiger partial charge in [-0.1, -0.05) is 182 Å². The van der Waals surface area contributed by atoms with Gasteiger partial charge in [0, 0.05) is 0 Å². The molecule has 8 aromatic carbocycles. The van der Waals surface area contributed by atoms with Gasteiger partial charge in [0.2, 0.25) is 11.5 Å². The molecular formula is C58H50O10. The Morgan fingerprint density at radius 2 is 0.485 bits per heavy atom. The lowest BCUT2D eigenvalue weighted by Crippen LogP contribution is -2.15. The highest BCUT2D eigenvalue weighted by atomic mass is 16.6. The van der Waals surface area contributed by atoms with Crippen LogP contribution < -0.4 is 28.4 Å². The summed E-state index contributed by atoms with van der Waals surface area (Å²) in [4.78, 5) is 27.6. The van der Waals surface area contributed by atoms with Crippen molar-refractivity contribution < 1.29 is 47.5 Å². The van der Waals surface area contributed by atoms with Crippen molar-refractivity contribution in [2.24, 2.45) is 0 Å². The van der Waals surface area contributed by atoms with Crippen molar-refractivity contribution in [2.45, 2.75) is 39.6 Å². The number of hydrogen-bond donors (Lipinski definition) is 0. The predicted octanol–water partition coefficient (Wildman–Crippen LogP) is 12.2. The van der Waals surface area contributed by atoms with Gasteiger partial charge in [0.05, 0.1) is 11.1 Å². The fourth-order valence-corrected chi connectivity index (χ4v) is 6.94. The summed E-state index contributed by atoms with van der Waals surface area (Å²) in [7, 11) is 0. The maximum atomic E-state index is 13.8. The molecule has 0 saturated heterocycles. The van der Waals surface area contributed by atoms with Gasteiger partial charge < -0.3 is 37.9 Å². The number of carbonyl (C=O) groups is 2. The van der Waals surface area contributed by atoms with Crippen LogP contribution in [-0.2, 0) is 49.1 Å². The second-order valence-corrected chi connectivity index (χ2v) is 15.5. The van der Waals surface area contributed by atoms with E-state index in [9.17, 15) is 9.59 Å². The quantitative estimate of drug-likeness (QED) is 0.0455. The van der Waals surface area contributed by atoms with Crippen LogP contribution in [-0.4, -0.2) is 25.2 Å². The van der Waals surface area contributed by atoms with Crippen LogP contribution in [0, 0.1) is 0 Å². The molecule has 10 nitrogen and oxygen atoms in total. The largest absolute Gasteiger partial charge is 0.485 e. The van der Waals surface area contributed by atoms with Crippen LogP contribution in [0.3, 0.4) is 0 Å². The minimum atomic E-state index is -0.683. The molecule has 68 heavy (non-hydrogen) atoms. The Morgan fingerprint density at radius 1 is 0.279 bits per heavy atom. The standard InChI is InChI=1S/C58H50O10/c59-57(49-33-51(63-37-43-19-7-1-8-20-43)55(67-41-47-27-15-5-16-28-47)52(34-49)64-38-44-21-9-2-10-22-44)61-31-32-62-58(60)50-35-53(65-39-45-23-11-3-12-24-45)56(68-42-48-29-17-6-18-30-48)54(36-50)66-40-46-25-13-4-14-26-46/h1-30,33-36H,31-32,37-42H2. The smallest absolute Gasteiger partial charge is 0.338 e. The number of rotatable bonds is 23. The maximum absolute atomic E-state index is 13.8. The first-order valence-electron chi connectivity index (χ1n) is 22.2. The Bertz CT molecular complexity index is 2480. The second-order valence-electron chi connectivity index (χ2n) is 15.5. The average molecular weight is 907 g/mol. The van der Waals surface area contributed by atoms with E-state index in [-0.39, 0.29) is 64.0 Å². The summed E-state index contributed by atoms with van der Waals surface area (Å²) in [5.41, 5.74) is 5.86. The minimum Gasteiger partial charge on any atom is -0.485 e. The molecular weight excluding hydrogens is 857 g/mol. The molecule has 8 aromatic rings. The summed E-state index contributed by atoms with van der Waals surface area (Å²) in [6.07, 6.45) is 0. The topological polar surface area (TPSA) is 108 Å². The van der Waals surface area contributed by atoms with Gasteiger partial charge in [-0.05, 0) is 57.6 Å². The van der Waals surface area contributed by atoms with Crippen LogP contribution in [0.2, 0.25) is 0 Å². The van der Waals surface area contributed by atoms with Crippen LogP contribution in [0.1, 0.15) is 54.1 Å². The van der Waals surface area contributed by atoms with Crippen molar-refractivity contribution in [3.05, 3.63) is 251 Å². The normalized spacial score (nSPS) is 10.6. The molecule has 0 aliphatic heterocycles. The Labute approximate surface area is 396 Å². The molecule has 0 bridgehead atoms. The summed E-state index contributed by atoms with van der Waals surface area (Å²) in [5, 5.41) is 0. The fraction of sp³-hybridized carbons (Fsp3) is 0.138. The molecule has 0 aliphatic rings. The lowest BCUT2D eigenvalue weighted by molar-refractivity contribution is 0.0264. The van der Waals surface area contributed by atoms with Gasteiger partial charge in [-0.3, -0.25) is 0 Å². The van der Waals surface area contributed by atoms with E-state index < -0.39 is 11.9 Å². The lowest BCUT2D eigenvalue weighted by Gasteiger charge is -2.19. The van der Waals surface area contributed by atoms with E-state index in [1.165, 1.54) is 0 Å². The van der Waals surface area contributed by atoms with E-state index >= 15 is 0 Å². The molecule has 0 radical (unpaired) electrons. The molecule has 10 heteroatoms. The van der Waals surface area contributed by atoms with Crippen molar-refractivity contribution in [1.29, 1.82) is 0 Å². The predicted molar refractivity (Wildman–Crippen MR) is 258 cm³/mol. The average Bonchev–Trinajstić information content (AvgIpc) is 3.40. The van der Waals surface area contributed by atoms with E-state index in [0.717, 1.165) is 33.4 Å². The van der Waals surface area contributed by atoms with E-state index in [1.54, 1.807) is 24.3 Å². The van der Waals surface area contributed by atoms with Gasteiger partial charge in [0.15, 0.2) is 23.0 Å². The third kappa shape index (κ3) is 13.5. The molecule has 8 rings (SSSR count). The molecule has 0 unspecified atom stereocenters.